The van der Waals surface area contributed by atoms with Crippen molar-refractivity contribution in [2.75, 3.05) is 7.11 Å². The average molecular weight is 290 g/mol. The van der Waals surface area contributed by atoms with Gasteiger partial charge in [-0.15, -0.1) is 0 Å². The lowest BCUT2D eigenvalue weighted by atomic mass is 9.76. The Morgan fingerprint density at radius 3 is 2.76 bits per heavy atom. The first kappa shape index (κ1) is 16.3. The van der Waals surface area contributed by atoms with Gasteiger partial charge in [0.25, 0.3) is 0 Å². The van der Waals surface area contributed by atoms with E-state index >= 15 is 0 Å². The molecule has 1 fully saturated rings. The number of nitrogens with zero attached hydrogens (tertiary/aromatic N) is 1. The number of pyridine rings is 1. The summed E-state index contributed by atoms with van der Waals surface area (Å²) in [4.78, 5) is 4.15. The van der Waals surface area contributed by atoms with Gasteiger partial charge in [-0.1, -0.05) is 27.2 Å². The standard InChI is InChI=1S/C18H30N2O/c1-18(2,3)15-6-5-7-16(9-8-15)20-13-14-10-11-19-17(12-14)21-4/h10-12,15-16,20H,5-9,13H2,1-4H3. The van der Waals surface area contributed by atoms with Gasteiger partial charge in [-0.25, -0.2) is 4.98 Å². The highest BCUT2D eigenvalue weighted by atomic mass is 16.5. The molecule has 0 spiro atoms. The van der Waals surface area contributed by atoms with E-state index in [4.69, 9.17) is 4.74 Å². The zero-order valence-electron chi connectivity index (χ0n) is 14.0. The number of nitrogens with one attached hydrogen (secondary N) is 1. The highest BCUT2D eigenvalue weighted by molar-refractivity contribution is 5.20. The van der Waals surface area contributed by atoms with Crippen LogP contribution in [0.4, 0.5) is 0 Å². The Kier molecular flexibility index (Phi) is 5.63. The van der Waals surface area contributed by atoms with Gasteiger partial charge in [0, 0.05) is 24.8 Å². The molecule has 0 bridgehead atoms. The Labute approximate surface area is 129 Å². The monoisotopic (exact) mass is 290 g/mol. The highest BCUT2D eigenvalue weighted by Crippen LogP contribution is 2.36. The van der Waals surface area contributed by atoms with Crippen molar-refractivity contribution in [3.05, 3.63) is 23.9 Å². The zero-order chi connectivity index (χ0) is 15.3. The largest absolute Gasteiger partial charge is 0.481 e. The van der Waals surface area contributed by atoms with E-state index in [1.807, 2.05) is 12.3 Å². The van der Waals surface area contributed by atoms with Gasteiger partial charge >= 0.3 is 0 Å². The van der Waals surface area contributed by atoms with Gasteiger partial charge in [0.1, 0.15) is 0 Å². The van der Waals surface area contributed by atoms with Crippen LogP contribution in [0.5, 0.6) is 5.88 Å². The van der Waals surface area contributed by atoms with E-state index in [9.17, 15) is 0 Å². The highest BCUT2D eigenvalue weighted by Gasteiger charge is 2.27. The summed E-state index contributed by atoms with van der Waals surface area (Å²) in [5, 5.41) is 3.72. The van der Waals surface area contributed by atoms with Crippen molar-refractivity contribution in [2.45, 2.75) is 65.5 Å². The van der Waals surface area contributed by atoms with Crippen molar-refractivity contribution in [2.24, 2.45) is 11.3 Å². The van der Waals surface area contributed by atoms with Crippen molar-refractivity contribution in [1.29, 1.82) is 0 Å². The third-order valence-corrected chi connectivity index (χ3v) is 4.80. The fraction of sp³-hybridized carbons (Fsp3) is 0.722. The third-order valence-electron chi connectivity index (χ3n) is 4.80. The van der Waals surface area contributed by atoms with Gasteiger partial charge in [0.15, 0.2) is 0 Å². The Morgan fingerprint density at radius 1 is 1.24 bits per heavy atom. The van der Waals surface area contributed by atoms with E-state index in [1.54, 1.807) is 7.11 Å². The molecule has 21 heavy (non-hydrogen) atoms. The summed E-state index contributed by atoms with van der Waals surface area (Å²) >= 11 is 0. The second kappa shape index (κ2) is 7.26. The number of hydrogen-bond acceptors (Lipinski definition) is 3. The molecule has 1 aromatic heterocycles. The number of ether oxygens (including phenoxy) is 1. The Morgan fingerprint density at radius 2 is 2.05 bits per heavy atom. The first-order valence-corrected chi connectivity index (χ1v) is 8.21. The van der Waals surface area contributed by atoms with Crippen LogP contribution < -0.4 is 10.1 Å². The van der Waals surface area contributed by atoms with Crippen molar-refractivity contribution < 1.29 is 4.74 Å². The molecule has 1 heterocycles. The third kappa shape index (κ3) is 4.99. The molecule has 0 radical (unpaired) electrons. The molecule has 3 nitrogen and oxygen atoms in total. The molecular weight excluding hydrogens is 260 g/mol. The molecule has 2 unspecified atom stereocenters. The van der Waals surface area contributed by atoms with Crippen LogP contribution in [0.1, 0.15) is 58.4 Å². The molecule has 2 atom stereocenters. The Balaban J connectivity index is 1.83. The Hall–Kier alpha value is -1.09. The second-order valence-corrected chi connectivity index (χ2v) is 7.36. The molecular formula is C18H30N2O. The minimum Gasteiger partial charge on any atom is -0.481 e. The molecule has 1 aliphatic carbocycles. The number of methoxy groups -OCH3 is 1. The molecule has 0 saturated heterocycles. The molecule has 1 N–H and O–H groups in total. The maximum Gasteiger partial charge on any atom is 0.213 e. The smallest absolute Gasteiger partial charge is 0.213 e. The lowest BCUT2D eigenvalue weighted by molar-refractivity contribution is 0.213. The molecule has 0 aliphatic heterocycles. The predicted octanol–water partition coefficient (Wildman–Crippen LogP) is 4.17. The predicted molar refractivity (Wildman–Crippen MR) is 87.4 cm³/mol. The summed E-state index contributed by atoms with van der Waals surface area (Å²) in [6.07, 6.45) is 8.49. The minimum absolute atomic E-state index is 0.452. The van der Waals surface area contributed by atoms with Crippen molar-refractivity contribution in [3.8, 4) is 5.88 Å². The Bertz CT molecular complexity index is 439. The van der Waals surface area contributed by atoms with Crippen LogP contribution in [0.15, 0.2) is 18.3 Å². The van der Waals surface area contributed by atoms with Crippen LogP contribution in [0, 0.1) is 11.3 Å². The first-order valence-electron chi connectivity index (χ1n) is 8.21. The van der Waals surface area contributed by atoms with Gasteiger partial charge in [0.2, 0.25) is 5.88 Å². The summed E-state index contributed by atoms with van der Waals surface area (Å²) in [6, 6.07) is 4.72. The first-order chi connectivity index (χ1) is 9.99. The lowest BCUT2D eigenvalue weighted by Gasteiger charge is -2.29. The maximum absolute atomic E-state index is 5.18. The fourth-order valence-electron chi connectivity index (χ4n) is 3.31. The topological polar surface area (TPSA) is 34.1 Å². The van der Waals surface area contributed by atoms with E-state index in [0.717, 1.165) is 12.5 Å². The van der Waals surface area contributed by atoms with Gasteiger partial charge in [-0.2, -0.15) is 0 Å². The van der Waals surface area contributed by atoms with Crippen LogP contribution >= 0.6 is 0 Å². The van der Waals surface area contributed by atoms with Gasteiger partial charge in [-0.3, -0.25) is 0 Å². The van der Waals surface area contributed by atoms with Gasteiger partial charge < -0.3 is 10.1 Å². The fourth-order valence-corrected chi connectivity index (χ4v) is 3.31. The molecule has 0 aromatic carbocycles. The van der Waals surface area contributed by atoms with Crippen molar-refractivity contribution in [1.82, 2.24) is 10.3 Å². The zero-order valence-corrected chi connectivity index (χ0v) is 14.0. The summed E-state index contributed by atoms with van der Waals surface area (Å²) in [7, 11) is 1.66. The molecule has 1 aliphatic rings. The van der Waals surface area contributed by atoms with Gasteiger partial charge in [0.05, 0.1) is 7.11 Å². The summed E-state index contributed by atoms with van der Waals surface area (Å²) in [5.74, 6) is 1.56. The van der Waals surface area contributed by atoms with E-state index in [0.29, 0.717) is 17.3 Å². The van der Waals surface area contributed by atoms with Crippen LogP contribution in [-0.2, 0) is 6.54 Å². The van der Waals surface area contributed by atoms with Gasteiger partial charge in [-0.05, 0) is 48.6 Å². The quantitative estimate of drug-likeness (QED) is 0.845. The molecule has 1 aromatic rings. The molecule has 118 valence electrons. The van der Waals surface area contributed by atoms with Crippen LogP contribution in [0.2, 0.25) is 0 Å². The molecule has 0 amide bonds. The number of aromatic nitrogens is 1. The second-order valence-electron chi connectivity index (χ2n) is 7.36. The molecule has 2 rings (SSSR count). The normalized spacial score (nSPS) is 23.6. The summed E-state index contributed by atoms with van der Waals surface area (Å²) in [6.45, 7) is 8.06. The number of rotatable bonds is 4. The van der Waals surface area contributed by atoms with Crippen LogP contribution in [0.25, 0.3) is 0 Å². The maximum atomic E-state index is 5.18. The molecule has 1 saturated carbocycles. The summed E-state index contributed by atoms with van der Waals surface area (Å²) < 4.78 is 5.18. The van der Waals surface area contributed by atoms with E-state index in [2.05, 4.69) is 37.1 Å². The van der Waals surface area contributed by atoms with E-state index < -0.39 is 0 Å². The summed E-state index contributed by atoms with van der Waals surface area (Å²) in [5.41, 5.74) is 1.70. The van der Waals surface area contributed by atoms with Crippen molar-refractivity contribution in [3.63, 3.8) is 0 Å². The SMILES string of the molecule is COc1cc(CNC2CCCC(C(C)(C)C)CC2)ccn1. The average Bonchev–Trinajstić information content (AvgIpc) is 2.70. The number of hydrogen-bond donors (Lipinski definition) is 1. The molecule has 3 heteroatoms. The minimum atomic E-state index is 0.452. The van der Waals surface area contributed by atoms with E-state index in [-0.39, 0.29) is 0 Å². The van der Waals surface area contributed by atoms with Crippen molar-refractivity contribution >= 4 is 0 Å². The lowest BCUT2D eigenvalue weighted by Crippen LogP contribution is -2.28. The van der Waals surface area contributed by atoms with Crippen LogP contribution in [0.3, 0.4) is 0 Å². The van der Waals surface area contributed by atoms with E-state index in [1.165, 1.54) is 37.7 Å². The van der Waals surface area contributed by atoms with Crippen LogP contribution in [-0.4, -0.2) is 18.1 Å².